The van der Waals surface area contributed by atoms with Crippen molar-refractivity contribution in [2.24, 2.45) is 5.92 Å². The van der Waals surface area contributed by atoms with Crippen molar-refractivity contribution in [2.75, 3.05) is 65.8 Å². The summed E-state index contributed by atoms with van der Waals surface area (Å²) in [7, 11) is 0. The maximum Gasteiger partial charge on any atom is 0.354 e. The van der Waals surface area contributed by atoms with Gasteiger partial charge in [-0.25, -0.2) is 19.6 Å². The molecule has 1 saturated heterocycles. The van der Waals surface area contributed by atoms with Crippen molar-refractivity contribution in [1.29, 1.82) is 0 Å². The highest BCUT2D eigenvalue weighted by Crippen LogP contribution is 2.27. The number of aromatic carboxylic acids is 2. The minimum atomic E-state index is -1.05. The maximum atomic E-state index is 11.7. The molecule has 2 N–H and O–H groups in total. The van der Waals surface area contributed by atoms with Crippen LogP contribution in [0.3, 0.4) is 0 Å². The molecule has 47 heavy (non-hydrogen) atoms. The number of carboxylic acid groups (broad SMARTS) is 2. The molecule has 1 fully saturated rings. The van der Waals surface area contributed by atoms with Crippen molar-refractivity contribution >= 4 is 11.9 Å². The Kier molecular flexibility index (Phi) is 17.2. The summed E-state index contributed by atoms with van der Waals surface area (Å²) in [5, 5.41) is 19.0. The zero-order chi connectivity index (χ0) is 34.0. The van der Waals surface area contributed by atoms with Gasteiger partial charge in [0.15, 0.2) is 0 Å². The maximum absolute atomic E-state index is 11.7. The van der Waals surface area contributed by atoms with E-state index in [1.165, 1.54) is 12.1 Å². The first kappa shape index (κ1) is 38.4. The average molecular weight is 659 g/mol. The van der Waals surface area contributed by atoms with Crippen LogP contribution in [0.15, 0.2) is 36.4 Å². The number of pyridine rings is 2. The monoisotopic (exact) mass is 658 g/mol. The average Bonchev–Trinajstić information content (AvgIpc) is 3.05. The Morgan fingerprint density at radius 3 is 1.94 bits per heavy atom. The molecule has 0 bridgehead atoms. The minimum absolute atomic E-state index is 0.0253. The van der Waals surface area contributed by atoms with Gasteiger partial charge in [-0.2, -0.15) is 0 Å². The Bertz CT molecular complexity index is 1220. The second kappa shape index (κ2) is 21.1. The predicted octanol–water partition coefficient (Wildman–Crippen LogP) is 4.79. The fourth-order valence-corrected chi connectivity index (χ4v) is 5.70. The Morgan fingerprint density at radius 1 is 0.766 bits per heavy atom. The Morgan fingerprint density at radius 2 is 1.32 bits per heavy atom. The number of rotatable bonds is 11. The lowest BCUT2D eigenvalue weighted by Crippen LogP contribution is -2.39. The van der Waals surface area contributed by atoms with Crippen molar-refractivity contribution in [2.45, 2.75) is 78.2 Å². The van der Waals surface area contributed by atoms with Crippen LogP contribution in [-0.4, -0.2) is 120 Å². The molecule has 2 aromatic heterocycles. The summed E-state index contributed by atoms with van der Waals surface area (Å²) in [4.78, 5) is 36.4. The van der Waals surface area contributed by atoms with E-state index in [9.17, 15) is 19.8 Å². The molecule has 0 amide bonds. The van der Waals surface area contributed by atoms with Crippen molar-refractivity contribution in [3.8, 4) is 0 Å². The fourth-order valence-electron chi connectivity index (χ4n) is 5.70. The lowest BCUT2D eigenvalue weighted by Gasteiger charge is -2.33. The van der Waals surface area contributed by atoms with Crippen LogP contribution >= 0.6 is 0 Å². The van der Waals surface area contributed by atoms with Gasteiger partial charge in [-0.15, -0.1) is 0 Å². The van der Waals surface area contributed by atoms with Crippen LogP contribution in [0.2, 0.25) is 0 Å². The van der Waals surface area contributed by atoms with Crippen molar-refractivity contribution in [3.63, 3.8) is 0 Å². The van der Waals surface area contributed by atoms with E-state index in [0.717, 1.165) is 31.4 Å². The van der Waals surface area contributed by atoms with Crippen molar-refractivity contribution < 1.29 is 38.7 Å². The number of nitrogens with zero attached hydrogens (tertiary/aromatic N) is 4. The van der Waals surface area contributed by atoms with E-state index < -0.39 is 11.9 Å². The normalized spacial score (nSPS) is 21.1. The summed E-state index contributed by atoms with van der Waals surface area (Å²) in [5.74, 6) is -1.60. The van der Waals surface area contributed by atoms with Crippen LogP contribution in [0.5, 0.6) is 0 Å². The van der Waals surface area contributed by atoms with Crippen LogP contribution < -0.4 is 0 Å². The first-order chi connectivity index (χ1) is 22.7. The highest BCUT2D eigenvalue weighted by molar-refractivity contribution is 5.85. The molecule has 0 saturated carbocycles. The third kappa shape index (κ3) is 13.6. The summed E-state index contributed by atoms with van der Waals surface area (Å²) in [5.41, 5.74) is 1.49. The molecule has 3 rings (SSSR count). The number of hydrogen-bond acceptors (Lipinski definition) is 10. The molecule has 0 aromatic carbocycles. The first-order valence-electron chi connectivity index (χ1n) is 17.0. The van der Waals surface area contributed by atoms with E-state index in [2.05, 4.69) is 47.5 Å². The molecular weight excluding hydrogens is 604 g/mol. The van der Waals surface area contributed by atoms with E-state index in [1.54, 1.807) is 12.1 Å². The van der Waals surface area contributed by atoms with Crippen molar-refractivity contribution in [1.82, 2.24) is 19.8 Å². The third-order valence-corrected chi connectivity index (χ3v) is 8.32. The quantitative estimate of drug-likeness (QED) is 0.343. The lowest BCUT2D eigenvalue weighted by molar-refractivity contribution is -0.0861. The van der Waals surface area contributed by atoms with Gasteiger partial charge in [-0.1, -0.05) is 39.8 Å². The Balaban J connectivity index is 1.73. The number of carboxylic acids is 2. The molecule has 0 spiro atoms. The Labute approximate surface area is 279 Å². The highest BCUT2D eigenvalue weighted by atomic mass is 16.5. The second-order valence-corrected chi connectivity index (χ2v) is 12.2. The van der Waals surface area contributed by atoms with Crippen LogP contribution in [0.1, 0.15) is 91.8 Å². The zero-order valence-corrected chi connectivity index (χ0v) is 28.5. The van der Waals surface area contributed by atoms with Crippen LogP contribution in [0.25, 0.3) is 0 Å². The molecule has 1 aliphatic heterocycles. The van der Waals surface area contributed by atoms with Gasteiger partial charge in [0.1, 0.15) is 11.4 Å². The number of hydrogen-bond donors (Lipinski definition) is 2. The van der Waals surface area contributed by atoms with Gasteiger partial charge in [0, 0.05) is 32.7 Å². The molecule has 3 heterocycles. The zero-order valence-electron chi connectivity index (χ0n) is 28.5. The number of carbonyl (C=O) groups is 2. The standard InChI is InChI=1S/C35H54N4O8/c1-5-32-33(6-2)47-22-18-39(31(14-13-26(3)4)28-10-8-12-30(37-28)35(42)43)17-20-45-24-23-44-19-15-38(16-21-46-32)25-27-9-7-11-29(36-27)34(40)41/h7-12,26,31-33H,5-6,13-25H2,1-4H3,(H,40,41)(H,42,43). The predicted molar refractivity (Wildman–Crippen MR) is 178 cm³/mol. The molecule has 2 aromatic rings. The van der Waals surface area contributed by atoms with Gasteiger partial charge in [0.05, 0.1) is 69.3 Å². The van der Waals surface area contributed by atoms with Gasteiger partial charge >= 0.3 is 11.9 Å². The molecule has 3 atom stereocenters. The van der Waals surface area contributed by atoms with Gasteiger partial charge in [-0.05, 0) is 55.9 Å². The molecule has 12 heteroatoms. The molecule has 262 valence electrons. The van der Waals surface area contributed by atoms with E-state index in [4.69, 9.17) is 18.9 Å². The largest absolute Gasteiger partial charge is 0.477 e. The Hall–Kier alpha value is -3.00. The van der Waals surface area contributed by atoms with Crippen LogP contribution in [-0.2, 0) is 25.5 Å². The van der Waals surface area contributed by atoms with Gasteiger partial charge in [-0.3, -0.25) is 9.80 Å². The summed E-state index contributed by atoms with van der Waals surface area (Å²) in [6, 6.07) is 10.2. The van der Waals surface area contributed by atoms with E-state index in [0.29, 0.717) is 84.0 Å². The summed E-state index contributed by atoms with van der Waals surface area (Å²) in [6.45, 7) is 14.4. The van der Waals surface area contributed by atoms with Gasteiger partial charge in [0.25, 0.3) is 0 Å². The lowest BCUT2D eigenvalue weighted by atomic mass is 9.99. The molecule has 3 unspecified atom stereocenters. The number of ether oxygens (including phenoxy) is 4. The van der Waals surface area contributed by atoms with Gasteiger partial charge in [0.2, 0.25) is 0 Å². The third-order valence-electron chi connectivity index (χ3n) is 8.32. The molecular formula is C35H54N4O8. The smallest absolute Gasteiger partial charge is 0.354 e. The van der Waals surface area contributed by atoms with Gasteiger partial charge < -0.3 is 29.2 Å². The van der Waals surface area contributed by atoms with Crippen molar-refractivity contribution in [3.05, 3.63) is 59.2 Å². The number of aromatic nitrogens is 2. The molecule has 0 aliphatic carbocycles. The topological polar surface area (TPSA) is 144 Å². The second-order valence-electron chi connectivity index (χ2n) is 12.2. The molecule has 0 radical (unpaired) electrons. The molecule has 1 aliphatic rings. The summed E-state index contributed by atoms with van der Waals surface area (Å²) < 4.78 is 24.8. The fraction of sp³-hybridized carbons (Fsp3) is 0.657. The molecule has 12 nitrogen and oxygen atoms in total. The van der Waals surface area contributed by atoms with Crippen LogP contribution in [0, 0.1) is 5.92 Å². The first-order valence-corrected chi connectivity index (χ1v) is 17.0. The summed E-state index contributed by atoms with van der Waals surface area (Å²) >= 11 is 0. The van der Waals surface area contributed by atoms with E-state index >= 15 is 0 Å². The van der Waals surface area contributed by atoms with E-state index in [1.807, 2.05) is 12.1 Å². The SMILES string of the molecule is CCC1OCCN(Cc2cccc(C(=O)O)n2)CCOCCOCCN(C(CCC(C)C)c2cccc(C(=O)O)n2)CCOC1CC. The van der Waals surface area contributed by atoms with E-state index in [-0.39, 0.29) is 29.6 Å². The highest BCUT2D eigenvalue weighted by Gasteiger charge is 2.25. The summed E-state index contributed by atoms with van der Waals surface area (Å²) in [6.07, 6.45) is 3.21. The van der Waals surface area contributed by atoms with Crippen LogP contribution in [0.4, 0.5) is 0 Å². The minimum Gasteiger partial charge on any atom is -0.477 e.